The first-order chi connectivity index (χ1) is 12.1. The Hall–Kier alpha value is -2.05. The van der Waals surface area contributed by atoms with E-state index in [4.69, 9.17) is 16.3 Å². The van der Waals surface area contributed by atoms with Gasteiger partial charge in [-0.25, -0.2) is 0 Å². The number of likely N-dealkylation sites (tertiary alicyclic amines) is 1. The molecular weight excluding hydrogens is 360 g/mol. The largest absolute Gasteiger partial charge is 0.495 e. The molecule has 7 heteroatoms. The number of anilines is 1. The Morgan fingerprint density at radius 2 is 2.16 bits per heavy atom. The van der Waals surface area contributed by atoms with E-state index in [-0.39, 0.29) is 11.8 Å². The van der Waals surface area contributed by atoms with Crippen molar-refractivity contribution in [3.05, 3.63) is 45.6 Å². The summed E-state index contributed by atoms with van der Waals surface area (Å²) in [5.74, 6) is 0.278. The van der Waals surface area contributed by atoms with E-state index in [1.54, 1.807) is 29.2 Å². The van der Waals surface area contributed by atoms with Crippen LogP contribution in [0.25, 0.3) is 0 Å². The van der Waals surface area contributed by atoms with Crippen molar-refractivity contribution in [2.45, 2.75) is 25.3 Å². The van der Waals surface area contributed by atoms with Crippen molar-refractivity contribution in [2.24, 2.45) is 0 Å². The lowest BCUT2D eigenvalue weighted by Gasteiger charge is -2.34. The van der Waals surface area contributed by atoms with Crippen LogP contribution < -0.4 is 10.1 Å². The third kappa shape index (κ3) is 3.96. The van der Waals surface area contributed by atoms with Crippen molar-refractivity contribution >= 4 is 40.4 Å². The van der Waals surface area contributed by atoms with Crippen molar-refractivity contribution in [3.63, 3.8) is 0 Å². The molecule has 25 heavy (non-hydrogen) atoms. The van der Waals surface area contributed by atoms with Gasteiger partial charge in [-0.15, -0.1) is 11.3 Å². The fourth-order valence-corrected chi connectivity index (χ4v) is 3.90. The molecule has 1 N–H and O–H groups in total. The summed E-state index contributed by atoms with van der Waals surface area (Å²) in [6.45, 7) is 0.595. The quantitative estimate of drug-likeness (QED) is 0.873. The van der Waals surface area contributed by atoms with Crippen LogP contribution in [-0.2, 0) is 4.79 Å². The van der Waals surface area contributed by atoms with Crippen LogP contribution in [0.15, 0.2) is 35.7 Å². The zero-order chi connectivity index (χ0) is 17.8. The molecule has 0 bridgehead atoms. The fraction of sp³-hybridized carbons (Fsp3) is 0.333. The van der Waals surface area contributed by atoms with Gasteiger partial charge in [0.25, 0.3) is 5.91 Å². The van der Waals surface area contributed by atoms with Gasteiger partial charge < -0.3 is 15.0 Å². The standard InChI is InChI=1S/C18H19ClN2O3S/c1-24-15-8-7-12(11-13(15)19)20-17(22)14-5-2-3-9-21(14)18(23)16-6-4-10-25-16/h4,6-8,10-11,14H,2-3,5,9H2,1H3,(H,20,22)/t14-/m1/s1. The van der Waals surface area contributed by atoms with E-state index in [2.05, 4.69) is 5.32 Å². The molecule has 1 fully saturated rings. The Bertz CT molecular complexity index is 764. The van der Waals surface area contributed by atoms with Crippen LogP contribution >= 0.6 is 22.9 Å². The molecule has 3 rings (SSSR count). The van der Waals surface area contributed by atoms with Crippen molar-refractivity contribution in [1.29, 1.82) is 0 Å². The predicted octanol–water partition coefficient (Wildman–Crippen LogP) is 4.04. The van der Waals surface area contributed by atoms with Crippen LogP contribution in [0.3, 0.4) is 0 Å². The van der Waals surface area contributed by atoms with Crippen molar-refractivity contribution in [2.75, 3.05) is 19.0 Å². The number of rotatable bonds is 4. The zero-order valence-electron chi connectivity index (χ0n) is 13.8. The smallest absolute Gasteiger partial charge is 0.264 e. The lowest BCUT2D eigenvalue weighted by Crippen LogP contribution is -2.49. The molecule has 132 valence electrons. The van der Waals surface area contributed by atoms with Gasteiger partial charge in [-0.3, -0.25) is 9.59 Å². The molecule has 1 atom stereocenters. The number of hydrogen-bond acceptors (Lipinski definition) is 4. The minimum Gasteiger partial charge on any atom is -0.495 e. The normalized spacial score (nSPS) is 17.2. The second-order valence-corrected chi connectivity index (χ2v) is 7.18. The first-order valence-corrected chi connectivity index (χ1v) is 9.35. The molecule has 1 saturated heterocycles. The van der Waals surface area contributed by atoms with Crippen molar-refractivity contribution in [3.8, 4) is 5.75 Å². The van der Waals surface area contributed by atoms with Crippen LogP contribution in [-0.4, -0.2) is 36.4 Å². The second kappa shape index (κ2) is 7.89. The Balaban J connectivity index is 1.74. The van der Waals surface area contributed by atoms with Crippen LogP contribution in [0, 0.1) is 0 Å². The zero-order valence-corrected chi connectivity index (χ0v) is 15.4. The molecule has 2 amide bonds. The van der Waals surface area contributed by atoms with E-state index < -0.39 is 6.04 Å². The summed E-state index contributed by atoms with van der Waals surface area (Å²) in [6, 6.07) is 8.25. The molecule has 2 aromatic rings. The number of methoxy groups -OCH3 is 1. The monoisotopic (exact) mass is 378 g/mol. The summed E-state index contributed by atoms with van der Waals surface area (Å²) in [4.78, 5) is 27.8. The van der Waals surface area contributed by atoms with Gasteiger partial charge in [0.2, 0.25) is 5.91 Å². The van der Waals surface area contributed by atoms with Gasteiger partial charge in [0.1, 0.15) is 11.8 Å². The van der Waals surface area contributed by atoms with Crippen molar-refractivity contribution in [1.82, 2.24) is 4.90 Å². The van der Waals surface area contributed by atoms with Gasteiger partial charge in [0.15, 0.2) is 0 Å². The van der Waals surface area contributed by atoms with Crippen LogP contribution in [0.4, 0.5) is 5.69 Å². The lowest BCUT2D eigenvalue weighted by molar-refractivity contribution is -0.121. The van der Waals surface area contributed by atoms with Gasteiger partial charge >= 0.3 is 0 Å². The highest BCUT2D eigenvalue weighted by molar-refractivity contribution is 7.12. The molecule has 1 aliphatic heterocycles. The fourth-order valence-electron chi connectivity index (χ4n) is 2.96. The molecule has 0 aliphatic carbocycles. The summed E-state index contributed by atoms with van der Waals surface area (Å²) >= 11 is 7.50. The molecule has 2 heterocycles. The number of hydrogen-bond donors (Lipinski definition) is 1. The number of amides is 2. The number of halogens is 1. The highest BCUT2D eigenvalue weighted by atomic mass is 35.5. The Morgan fingerprint density at radius 1 is 1.32 bits per heavy atom. The van der Waals surface area contributed by atoms with Gasteiger partial charge in [0, 0.05) is 12.2 Å². The number of piperidine rings is 1. The van der Waals surface area contributed by atoms with Crippen molar-refractivity contribution < 1.29 is 14.3 Å². The molecule has 0 saturated carbocycles. The Labute approximate surface area is 155 Å². The summed E-state index contributed by atoms with van der Waals surface area (Å²) in [7, 11) is 1.54. The first-order valence-electron chi connectivity index (χ1n) is 8.09. The van der Waals surface area contributed by atoms with Gasteiger partial charge in [0.05, 0.1) is 17.0 Å². The number of ether oxygens (including phenoxy) is 1. The highest BCUT2D eigenvalue weighted by Crippen LogP contribution is 2.28. The number of nitrogens with zero attached hydrogens (tertiary/aromatic N) is 1. The molecule has 1 aromatic heterocycles. The Morgan fingerprint density at radius 3 is 2.84 bits per heavy atom. The van der Waals surface area contributed by atoms with E-state index in [0.29, 0.717) is 34.3 Å². The maximum Gasteiger partial charge on any atom is 0.264 e. The number of carbonyl (C=O) groups is 2. The SMILES string of the molecule is COc1ccc(NC(=O)[C@H]2CCCCN2C(=O)c2cccs2)cc1Cl. The molecule has 1 aliphatic rings. The van der Waals surface area contributed by atoms with Crippen LogP contribution in [0.2, 0.25) is 5.02 Å². The summed E-state index contributed by atoms with van der Waals surface area (Å²) in [5, 5.41) is 5.16. The Kier molecular flexibility index (Phi) is 5.60. The minimum absolute atomic E-state index is 0.0809. The highest BCUT2D eigenvalue weighted by Gasteiger charge is 2.33. The lowest BCUT2D eigenvalue weighted by atomic mass is 10.0. The molecule has 0 radical (unpaired) electrons. The predicted molar refractivity (Wildman–Crippen MR) is 99.6 cm³/mol. The van der Waals surface area contributed by atoms with Crippen LogP contribution in [0.1, 0.15) is 28.9 Å². The topological polar surface area (TPSA) is 58.6 Å². The number of thiophene rings is 1. The maximum absolute atomic E-state index is 12.7. The average Bonchev–Trinajstić information content (AvgIpc) is 3.16. The molecule has 5 nitrogen and oxygen atoms in total. The summed E-state index contributed by atoms with van der Waals surface area (Å²) < 4.78 is 5.11. The molecule has 0 spiro atoms. The number of benzene rings is 1. The van der Waals surface area contributed by atoms with E-state index in [0.717, 1.165) is 12.8 Å². The first kappa shape index (κ1) is 17.8. The van der Waals surface area contributed by atoms with Crippen LogP contribution in [0.5, 0.6) is 5.75 Å². The molecule has 1 aromatic carbocycles. The van der Waals surface area contributed by atoms with Gasteiger partial charge in [-0.05, 0) is 48.9 Å². The van der Waals surface area contributed by atoms with E-state index in [9.17, 15) is 9.59 Å². The summed E-state index contributed by atoms with van der Waals surface area (Å²) in [5.41, 5.74) is 0.588. The van der Waals surface area contributed by atoms with Gasteiger partial charge in [-0.1, -0.05) is 17.7 Å². The van der Waals surface area contributed by atoms with E-state index >= 15 is 0 Å². The minimum atomic E-state index is -0.468. The third-order valence-electron chi connectivity index (χ3n) is 4.22. The number of nitrogens with one attached hydrogen (secondary N) is 1. The molecular formula is C18H19ClN2O3S. The van der Waals surface area contributed by atoms with E-state index in [1.807, 2.05) is 11.4 Å². The maximum atomic E-state index is 12.7. The second-order valence-electron chi connectivity index (χ2n) is 5.83. The average molecular weight is 379 g/mol. The van der Waals surface area contributed by atoms with E-state index in [1.165, 1.54) is 18.4 Å². The molecule has 0 unspecified atom stereocenters. The summed E-state index contributed by atoms with van der Waals surface area (Å²) in [6.07, 6.45) is 2.50. The number of carbonyl (C=O) groups excluding carboxylic acids is 2. The third-order valence-corrected chi connectivity index (χ3v) is 5.37. The van der Waals surface area contributed by atoms with Gasteiger partial charge in [-0.2, -0.15) is 0 Å².